The zero-order chi connectivity index (χ0) is 17.1. The lowest BCUT2D eigenvalue weighted by Crippen LogP contribution is -2.27. The van der Waals surface area contributed by atoms with E-state index >= 15 is 0 Å². The number of aromatic nitrogens is 2. The van der Waals surface area contributed by atoms with Crippen LogP contribution < -0.4 is 15.1 Å². The normalized spacial score (nSPS) is 16.8. The molecule has 1 aliphatic heterocycles. The fraction of sp³-hybridized carbons (Fsp3) is 0.353. The van der Waals surface area contributed by atoms with E-state index in [-0.39, 0.29) is 6.04 Å². The monoisotopic (exact) mass is 342 g/mol. The van der Waals surface area contributed by atoms with Crippen LogP contribution in [0.3, 0.4) is 0 Å². The molecule has 6 nitrogen and oxygen atoms in total. The van der Waals surface area contributed by atoms with E-state index in [1.54, 1.807) is 12.3 Å². The second-order valence-electron chi connectivity index (χ2n) is 5.96. The van der Waals surface area contributed by atoms with Gasteiger partial charge in [-0.3, -0.25) is 0 Å². The molecule has 0 radical (unpaired) electrons. The Bertz CT molecular complexity index is 770. The lowest BCUT2D eigenvalue weighted by molar-refractivity contribution is 0.798. The lowest BCUT2D eigenvalue weighted by atomic mass is 10.2. The van der Waals surface area contributed by atoms with Gasteiger partial charge in [0.25, 0.3) is 0 Å². The van der Waals surface area contributed by atoms with Gasteiger partial charge in [-0.25, -0.2) is 4.98 Å². The zero-order valence-corrected chi connectivity index (χ0v) is 14.5. The zero-order valence-electron chi connectivity index (χ0n) is 13.7. The predicted molar refractivity (Wildman–Crippen MR) is 96.8 cm³/mol. The number of anilines is 3. The second-order valence-corrected chi connectivity index (χ2v) is 6.37. The number of rotatable bonds is 4. The van der Waals surface area contributed by atoms with E-state index in [2.05, 4.69) is 26.3 Å². The molecule has 1 aromatic heterocycles. The highest BCUT2D eigenvalue weighted by Gasteiger charge is 2.25. The standard InChI is InChI=1S/C17H19ClN6/c1-23(2)17-20-8-6-16(22-17)21-12-7-9-24(11-12)15-5-3-4-14(18)13(15)10-19/h3-6,8,12H,7,9,11H2,1-2H3,(H,20,21,22). The summed E-state index contributed by atoms with van der Waals surface area (Å²) in [5, 5.41) is 13.3. The van der Waals surface area contributed by atoms with Gasteiger partial charge in [0.15, 0.2) is 0 Å². The number of nitriles is 1. The molecule has 0 saturated carbocycles. The van der Waals surface area contributed by atoms with Crippen LogP contribution in [0.1, 0.15) is 12.0 Å². The first-order chi connectivity index (χ1) is 11.6. The topological polar surface area (TPSA) is 68.1 Å². The SMILES string of the molecule is CN(C)c1nccc(NC2CCN(c3cccc(Cl)c3C#N)C2)n1. The van der Waals surface area contributed by atoms with E-state index in [1.165, 1.54) is 0 Å². The number of hydrogen-bond donors (Lipinski definition) is 1. The van der Waals surface area contributed by atoms with Crippen LogP contribution in [-0.2, 0) is 0 Å². The summed E-state index contributed by atoms with van der Waals surface area (Å²) in [7, 11) is 3.83. The third-order valence-corrected chi connectivity index (χ3v) is 4.34. The maximum absolute atomic E-state index is 9.34. The van der Waals surface area contributed by atoms with Gasteiger partial charge in [-0.2, -0.15) is 10.2 Å². The van der Waals surface area contributed by atoms with Crippen LogP contribution in [0.15, 0.2) is 30.5 Å². The van der Waals surface area contributed by atoms with Crippen LogP contribution in [0, 0.1) is 11.3 Å². The summed E-state index contributed by atoms with van der Waals surface area (Å²) in [5.74, 6) is 1.49. The first-order valence-electron chi connectivity index (χ1n) is 7.79. The van der Waals surface area contributed by atoms with Crippen LogP contribution in [0.5, 0.6) is 0 Å². The van der Waals surface area contributed by atoms with Crippen LogP contribution >= 0.6 is 11.6 Å². The Kier molecular flexibility index (Phi) is 4.72. The van der Waals surface area contributed by atoms with Crippen LogP contribution in [0.25, 0.3) is 0 Å². The van der Waals surface area contributed by atoms with E-state index in [4.69, 9.17) is 11.6 Å². The third kappa shape index (κ3) is 3.36. The fourth-order valence-corrected chi connectivity index (χ4v) is 3.05. The molecule has 124 valence electrons. The predicted octanol–water partition coefficient (Wildman–Crippen LogP) is 2.76. The summed E-state index contributed by atoms with van der Waals surface area (Å²) in [6.45, 7) is 1.68. The van der Waals surface area contributed by atoms with Gasteiger partial charge in [-0.05, 0) is 24.6 Å². The van der Waals surface area contributed by atoms with Crippen molar-refractivity contribution in [3.05, 3.63) is 41.0 Å². The molecule has 1 atom stereocenters. The molecule has 7 heteroatoms. The highest BCUT2D eigenvalue weighted by atomic mass is 35.5. The summed E-state index contributed by atoms with van der Waals surface area (Å²) in [6, 6.07) is 9.92. The first-order valence-corrected chi connectivity index (χ1v) is 8.16. The van der Waals surface area contributed by atoms with Gasteiger partial charge < -0.3 is 15.1 Å². The third-order valence-electron chi connectivity index (χ3n) is 4.03. The van der Waals surface area contributed by atoms with Crippen molar-refractivity contribution >= 4 is 29.1 Å². The first kappa shape index (κ1) is 16.3. The Morgan fingerprint density at radius 2 is 2.21 bits per heavy atom. The number of benzene rings is 1. The van der Waals surface area contributed by atoms with Gasteiger partial charge >= 0.3 is 0 Å². The summed E-state index contributed by atoms with van der Waals surface area (Å²) in [6.07, 6.45) is 2.72. The molecule has 0 aliphatic carbocycles. The minimum Gasteiger partial charge on any atom is -0.368 e. The molecule has 1 N–H and O–H groups in total. The Morgan fingerprint density at radius 1 is 1.38 bits per heavy atom. The van der Waals surface area contributed by atoms with Crippen molar-refractivity contribution in [1.82, 2.24) is 9.97 Å². The molecule has 24 heavy (non-hydrogen) atoms. The highest BCUT2D eigenvalue weighted by Crippen LogP contribution is 2.29. The molecule has 1 saturated heterocycles. The average Bonchev–Trinajstić information content (AvgIpc) is 3.03. The largest absolute Gasteiger partial charge is 0.368 e. The second kappa shape index (κ2) is 6.93. The van der Waals surface area contributed by atoms with E-state index < -0.39 is 0 Å². The van der Waals surface area contributed by atoms with Crippen molar-refractivity contribution in [2.24, 2.45) is 0 Å². The van der Waals surface area contributed by atoms with Crippen molar-refractivity contribution in [3.63, 3.8) is 0 Å². The maximum atomic E-state index is 9.34. The molecule has 2 heterocycles. The van der Waals surface area contributed by atoms with Gasteiger partial charge in [0.05, 0.1) is 16.3 Å². The van der Waals surface area contributed by atoms with Gasteiger partial charge in [0.2, 0.25) is 5.95 Å². The summed E-state index contributed by atoms with van der Waals surface area (Å²) >= 11 is 6.13. The van der Waals surface area contributed by atoms with Crippen LogP contribution in [0.2, 0.25) is 5.02 Å². The molecule has 1 unspecified atom stereocenters. The van der Waals surface area contributed by atoms with Crippen molar-refractivity contribution < 1.29 is 0 Å². The minimum atomic E-state index is 0.264. The van der Waals surface area contributed by atoms with E-state index in [0.29, 0.717) is 16.5 Å². The molecule has 0 spiro atoms. The Labute approximate surface area is 146 Å². The Balaban J connectivity index is 1.71. The Morgan fingerprint density at radius 3 is 2.96 bits per heavy atom. The fourth-order valence-electron chi connectivity index (χ4n) is 2.84. The number of nitrogens with one attached hydrogen (secondary N) is 1. The molecule has 0 amide bonds. The summed E-state index contributed by atoms with van der Waals surface area (Å²) in [4.78, 5) is 12.8. The lowest BCUT2D eigenvalue weighted by Gasteiger charge is -2.21. The quantitative estimate of drug-likeness (QED) is 0.921. The van der Waals surface area contributed by atoms with Crippen molar-refractivity contribution in [3.8, 4) is 6.07 Å². The highest BCUT2D eigenvalue weighted by molar-refractivity contribution is 6.32. The van der Waals surface area contributed by atoms with Crippen molar-refractivity contribution in [2.45, 2.75) is 12.5 Å². The van der Waals surface area contributed by atoms with Crippen molar-refractivity contribution in [2.75, 3.05) is 42.3 Å². The van der Waals surface area contributed by atoms with Gasteiger partial charge in [-0.15, -0.1) is 0 Å². The van der Waals surface area contributed by atoms with Crippen molar-refractivity contribution in [1.29, 1.82) is 5.26 Å². The smallest absolute Gasteiger partial charge is 0.226 e. The summed E-state index contributed by atoms with van der Waals surface area (Å²) in [5.41, 5.74) is 1.43. The molecule has 0 bridgehead atoms. The maximum Gasteiger partial charge on any atom is 0.226 e. The number of hydrogen-bond acceptors (Lipinski definition) is 6. The van der Waals surface area contributed by atoms with Crippen LogP contribution in [0.4, 0.5) is 17.5 Å². The summed E-state index contributed by atoms with van der Waals surface area (Å²) < 4.78 is 0. The number of nitrogens with zero attached hydrogens (tertiary/aromatic N) is 5. The van der Waals surface area contributed by atoms with Gasteiger partial charge in [0, 0.05) is 39.4 Å². The average molecular weight is 343 g/mol. The molecule has 1 aromatic carbocycles. The van der Waals surface area contributed by atoms with E-state index in [1.807, 2.05) is 37.2 Å². The molecule has 3 rings (SSSR count). The minimum absolute atomic E-state index is 0.264. The number of halogens is 1. The van der Waals surface area contributed by atoms with Gasteiger partial charge in [-0.1, -0.05) is 17.7 Å². The van der Waals surface area contributed by atoms with E-state index in [0.717, 1.165) is 31.0 Å². The molecule has 1 aliphatic rings. The van der Waals surface area contributed by atoms with Gasteiger partial charge in [0.1, 0.15) is 11.9 Å². The molecular weight excluding hydrogens is 324 g/mol. The molecule has 2 aromatic rings. The Hall–Kier alpha value is -2.52. The van der Waals surface area contributed by atoms with E-state index in [9.17, 15) is 5.26 Å². The molecule has 1 fully saturated rings. The van der Waals surface area contributed by atoms with Crippen LogP contribution in [-0.4, -0.2) is 43.2 Å². The molecular formula is C17H19ClN6.